The van der Waals surface area contributed by atoms with Gasteiger partial charge in [0.05, 0.1) is 0 Å². The molecule has 0 radical (unpaired) electrons. The molecule has 2 nitrogen and oxygen atoms in total. The Morgan fingerprint density at radius 2 is 1.89 bits per heavy atom. The van der Waals surface area contributed by atoms with Crippen LogP contribution in [0.15, 0.2) is 47.4 Å². The van der Waals surface area contributed by atoms with E-state index in [1.165, 1.54) is 17.0 Å². The molecule has 18 heavy (non-hydrogen) atoms. The van der Waals surface area contributed by atoms with Gasteiger partial charge in [-0.15, -0.1) is 11.8 Å². The highest BCUT2D eigenvalue weighted by Crippen LogP contribution is 2.20. The highest BCUT2D eigenvalue weighted by atomic mass is 32.2. The third-order valence-electron chi connectivity index (χ3n) is 2.60. The lowest BCUT2D eigenvalue weighted by molar-refractivity contribution is 0.432. The molecule has 0 bridgehead atoms. The SMILES string of the molecule is CSc1ccc(CNc2ccc(O)c(F)c2)cc1. The van der Waals surface area contributed by atoms with E-state index >= 15 is 0 Å². The van der Waals surface area contributed by atoms with E-state index < -0.39 is 5.82 Å². The summed E-state index contributed by atoms with van der Waals surface area (Å²) in [4.78, 5) is 1.22. The van der Waals surface area contributed by atoms with Crippen molar-refractivity contribution in [2.24, 2.45) is 0 Å². The molecule has 0 atom stereocenters. The van der Waals surface area contributed by atoms with E-state index in [-0.39, 0.29) is 5.75 Å². The Balaban J connectivity index is 1.99. The van der Waals surface area contributed by atoms with Crippen LogP contribution in [0.25, 0.3) is 0 Å². The number of hydrogen-bond donors (Lipinski definition) is 2. The normalized spacial score (nSPS) is 10.3. The Hall–Kier alpha value is -1.68. The summed E-state index contributed by atoms with van der Waals surface area (Å²) >= 11 is 1.70. The van der Waals surface area contributed by atoms with Crippen LogP contribution in [0.5, 0.6) is 5.75 Å². The predicted octanol–water partition coefficient (Wildman–Crippen LogP) is 3.87. The van der Waals surface area contributed by atoms with Gasteiger partial charge in [-0.2, -0.15) is 0 Å². The fourth-order valence-corrected chi connectivity index (χ4v) is 1.97. The topological polar surface area (TPSA) is 32.3 Å². The van der Waals surface area contributed by atoms with Crippen molar-refractivity contribution in [3.8, 4) is 5.75 Å². The minimum atomic E-state index is -0.613. The van der Waals surface area contributed by atoms with Crippen molar-refractivity contribution in [1.82, 2.24) is 0 Å². The summed E-state index contributed by atoms with van der Waals surface area (Å²) in [7, 11) is 0. The zero-order valence-corrected chi connectivity index (χ0v) is 10.8. The summed E-state index contributed by atoms with van der Waals surface area (Å²) in [5, 5.41) is 12.2. The van der Waals surface area contributed by atoms with Gasteiger partial charge in [0.2, 0.25) is 0 Å². The lowest BCUT2D eigenvalue weighted by Gasteiger charge is -2.07. The van der Waals surface area contributed by atoms with E-state index in [1.807, 2.05) is 18.4 Å². The molecule has 2 aromatic rings. The molecule has 2 aromatic carbocycles. The first-order chi connectivity index (χ1) is 8.69. The number of thioether (sulfide) groups is 1. The molecule has 4 heteroatoms. The van der Waals surface area contributed by atoms with Gasteiger partial charge in [0, 0.05) is 23.2 Å². The molecule has 2 N–H and O–H groups in total. The maximum Gasteiger partial charge on any atom is 0.166 e. The molecule has 0 aliphatic heterocycles. The summed E-state index contributed by atoms with van der Waals surface area (Å²) in [6, 6.07) is 12.5. The quantitative estimate of drug-likeness (QED) is 0.649. The summed E-state index contributed by atoms with van der Waals surface area (Å²) in [5.41, 5.74) is 1.78. The molecule has 0 amide bonds. The number of hydrogen-bond acceptors (Lipinski definition) is 3. The van der Waals surface area contributed by atoms with E-state index in [1.54, 1.807) is 17.8 Å². The van der Waals surface area contributed by atoms with Crippen LogP contribution in [0, 0.1) is 5.82 Å². The Labute approximate surface area is 110 Å². The van der Waals surface area contributed by atoms with E-state index in [0.29, 0.717) is 12.2 Å². The lowest BCUT2D eigenvalue weighted by Crippen LogP contribution is -1.99. The summed E-state index contributed by atoms with van der Waals surface area (Å²) in [6.07, 6.45) is 2.03. The average molecular weight is 263 g/mol. The summed E-state index contributed by atoms with van der Waals surface area (Å²) in [5.74, 6) is -0.942. The molecular weight excluding hydrogens is 249 g/mol. The first-order valence-electron chi connectivity index (χ1n) is 5.54. The molecule has 0 saturated carbocycles. The van der Waals surface area contributed by atoms with Gasteiger partial charge >= 0.3 is 0 Å². The number of halogens is 1. The van der Waals surface area contributed by atoms with Gasteiger partial charge < -0.3 is 10.4 Å². The highest BCUT2D eigenvalue weighted by Gasteiger charge is 2.01. The molecule has 0 unspecified atom stereocenters. The predicted molar refractivity (Wildman–Crippen MR) is 73.6 cm³/mol. The van der Waals surface area contributed by atoms with Crippen LogP contribution >= 0.6 is 11.8 Å². The van der Waals surface area contributed by atoms with E-state index in [0.717, 1.165) is 5.56 Å². The molecule has 0 heterocycles. The summed E-state index contributed by atoms with van der Waals surface area (Å²) < 4.78 is 13.1. The highest BCUT2D eigenvalue weighted by molar-refractivity contribution is 7.98. The Kier molecular flexibility index (Phi) is 4.10. The maximum atomic E-state index is 13.1. The molecule has 0 aliphatic rings. The van der Waals surface area contributed by atoms with Crippen molar-refractivity contribution in [2.75, 3.05) is 11.6 Å². The molecule has 0 spiro atoms. The minimum Gasteiger partial charge on any atom is -0.505 e. The Morgan fingerprint density at radius 1 is 1.17 bits per heavy atom. The van der Waals surface area contributed by atoms with Gasteiger partial charge in [-0.25, -0.2) is 4.39 Å². The van der Waals surface area contributed by atoms with Crippen LogP contribution in [-0.4, -0.2) is 11.4 Å². The Bertz CT molecular complexity index is 528. The molecule has 0 fully saturated rings. The smallest absolute Gasteiger partial charge is 0.166 e. The Morgan fingerprint density at radius 3 is 2.50 bits per heavy atom. The van der Waals surface area contributed by atoms with Crippen molar-refractivity contribution in [3.63, 3.8) is 0 Å². The first kappa shape index (κ1) is 12.8. The number of anilines is 1. The average Bonchev–Trinajstić information content (AvgIpc) is 2.41. The van der Waals surface area contributed by atoms with Gasteiger partial charge in [-0.1, -0.05) is 12.1 Å². The van der Waals surface area contributed by atoms with Gasteiger partial charge in [-0.05, 0) is 36.1 Å². The van der Waals surface area contributed by atoms with Crippen LogP contribution in [0.3, 0.4) is 0 Å². The number of rotatable bonds is 4. The largest absolute Gasteiger partial charge is 0.505 e. The zero-order chi connectivity index (χ0) is 13.0. The fourth-order valence-electron chi connectivity index (χ4n) is 1.56. The zero-order valence-electron chi connectivity index (χ0n) is 9.98. The number of phenolic OH excluding ortho intramolecular Hbond substituents is 1. The molecule has 2 rings (SSSR count). The van der Waals surface area contributed by atoms with Crippen molar-refractivity contribution < 1.29 is 9.50 Å². The standard InChI is InChI=1S/C14H14FNOS/c1-18-12-5-2-10(3-6-12)9-16-11-4-7-14(17)13(15)8-11/h2-8,16-17H,9H2,1H3. The molecule has 0 aromatic heterocycles. The number of aromatic hydroxyl groups is 1. The first-order valence-corrected chi connectivity index (χ1v) is 6.77. The fraction of sp³-hybridized carbons (Fsp3) is 0.143. The van der Waals surface area contributed by atoms with Crippen molar-refractivity contribution in [1.29, 1.82) is 0 Å². The monoisotopic (exact) mass is 263 g/mol. The van der Waals surface area contributed by atoms with Crippen molar-refractivity contribution in [2.45, 2.75) is 11.4 Å². The van der Waals surface area contributed by atoms with E-state index in [4.69, 9.17) is 5.11 Å². The number of benzene rings is 2. The summed E-state index contributed by atoms with van der Waals surface area (Å²) in [6.45, 7) is 0.624. The van der Waals surface area contributed by atoms with Crippen molar-refractivity contribution in [3.05, 3.63) is 53.8 Å². The minimum absolute atomic E-state index is 0.329. The van der Waals surface area contributed by atoms with Gasteiger partial charge in [0.1, 0.15) is 0 Å². The van der Waals surface area contributed by atoms with E-state index in [9.17, 15) is 4.39 Å². The number of nitrogens with one attached hydrogen (secondary N) is 1. The van der Waals surface area contributed by atoms with Crippen LogP contribution < -0.4 is 5.32 Å². The molecule has 0 aliphatic carbocycles. The second-order valence-electron chi connectivity index (χ2n) is 3.87. The third kappa shape index (κ3) is 3.17. The number of phenols is 1. The molecular formula is C14H14FNOS. The lowest BCUT2D eigenvalue weighted by atomic mass is 10.2. The third-order valence-corrected chi connectivity index (χ3v) is 3.35. The van der Waals surface area contributed by atoms with E-state index in [2.05, 4.69) is 17.4 Å². The van der Waals surface area contributed by atoms with Crippen LogP contribution in [-0.2, 0) is 6.54 Å². The van der Waals surface area contributed by atoms with Crippen LogP contribution in [0.4, 0.5) is 10.1 Å². The molecule has 94 valence electrons. The maximum absolute atomic E-state index is 13.1. The van der Waals surface area contributed by atoms with Crippen LogP contribution in [0.2, 0.25) is 0 Å². The van der Waals surface area contributed by atoms with Gasteiger partial charge in [0.15, 0.2) is 11.6 Å². The van der Waals surface area contributed by atoms with Gasteiger partial charge in [-0.3, -0.25) is 0 Å². The second kappa shape index (κ2) is 5.78. The van der Waals surface area contributed by atoms with Gasteiger partial charge in [0.25, 0.3) is 0 Å². The van der Waals surface area contributed by atoms with Crippen molar-refractivity contribution >= 4 is 17.4 Å². The van der Waals surface area contributed by atoms with Crippen LogP contribution in [0.1, 0.15) is 5.56 Å². The second-order valence-corrected chi connectivity index (χ2v) is 4.75. The molecule has 0 saturated heterocycles.